The topological polar surface area (TPSA) is 106 Å². The monoisotopic (exact) mass is 408 g/mol. The van der Waals surface area contributed by atoms with Gasteiger partial charge >= 0.3 is 0 Å². The van der Waals surface area contributed by atoms with Crippen molar-refractivity contribution in [1.29, 1.82) is 0 Å². The van der Waals surface area contributed by atoms with Gasteiger partial charge in [0.15, 0.2) is 17.2 Å². The average molecular weight is 408 g/mol. The maximum atomic E-state index is 12.5. The molecule has 0 radical (unpaired) electrons. The summed E-state index contributed by atoms with van der Waals surface area (Å²) in [7, 11) is 0. The Balaban J connectivity index is 1.73. The van der Waals surface area contributed by atoms with Gasteiger partial charge in [-0.2, -0.15) is 10.2 Å². The number of nitrogens with one attached hydrogen (secondary N) is 2. The van der Waals surface area contributed by atoms with E-state index in [2.05, 4.69) is 27.6 Å². The molecule has 3 rings (SSSR count). The predicted octanol–water partition coefficient (Wildman–Crippen LogP) is 3.26. The Bertz CT molecular complexity index is 1110. The van der Waals surface area contributed by atoms with Crippen LogP contribution in [0.4, 0.5) is 0 Å². The molecule has 8 heteroatoms. The summed E-state index contributed by atoms with van der Waals surface area (Å²) >= 11 is 0. The van der Waals surface area contributed by atoms with Gasteiger partial charge in [0.2, 0.25) is 0 Å². The zero-order valence-corrected chi connectivity index (χ0v) is 17.0. The van der Waals surface area contributed by atoms with Crippen LogP contribution in [0, 0.1) is 0 Å². The third kappa shape index (κ3) is 5.02. The van der Waals surface area contributed by atoms with Crippen molar-refractivity contribution < 1.29 is 14.3 Å². The van der Waals surface area contributed by atoms with Gasteiger partial charge in [0, 0.05) is 5.39 Å². The molecule has 0 spiro atoms. The second-order valence-electron chi connectivity index (χ2n) is 6.49. The van der Waals surface area contributed by atoms with Gasteiger partial charge in [-0.3, -0.25) is 9.59 Å². The Morgan fingerprint density at radius 1 is 1.13 bits per heavy atom. The number of rotatable bonds is 9. The molecule has 1 amide bonds. The van der Waals surface area contributed by atoms with Crippen LogP contribution in [-0.2, 0) is 0 Å². The standard InChI is InChI=1S/C22H24N4O4/c1-3-5-12-30-18-11-10-15(13-19(18)29-4-2)14-23-25-22(28)20-16-8-6-7-9-17(16)21(27)26-24-20/h6-11,13-14H,3-5,12H2,1-2H3,(H,25,28)(H,26,27)/b23-14-. The van der Waals surface area contributed by atoms with Crippen LogP contribution in [0.2, 0.25) is 0 Å². The van der Waals surface area contributed by atoms with E-state index in [-0.39, 0.29) is 11.3 Å². The number of carbonyl (C=O) groups is 1. The van der Waals surface area contributed by atoms with Gasteiger partial charge in [-0.25, -0.2) is 10.5 Å². The number of hydrogen-bond donors (Lipinski definition) is 2. The van der Waals surface area contributed by atoms with Gasteiger partial charge in [0.1, 0.15) is 0 Å². The van der Waals surface area contributed by atoms with Gasteiger partial charge in [-0.15, -0.1) is 0 Å². The summed E-state index contributed by atoms with van der Waals surface area (Å²) in [5.74, 6) is 0.774. The molecule has 156 valence electrons. The van der Waals surface area contributed by atoms with Crippen LogP contribution in [0.15, 0.2) is 52.4 Å². The number of benzene rings is 2. The number of unbranched alkanes of at least 4 members (excludes halogenated alkanes) is 1. The van der Waals surface area contributed by atoms with Crippen molar-refractivity contribution in [3.05, 3.63) is 64.1 Å². The Morgan fingerprint density at radius 2 is 1.93 bits per heavy atom. The van der Waals surface area contributed by atoms with E-state index in [0.29, 0.717) is 35.5 Å². The molecule has 0 atom stereocenters. The highest BCUT2D eigenvalue weighted by Gasteiger charge is 2.13. The SMILES string of the molecule is CCCCOc1ccc(/C=N\NC(=O)c2n[nH]c(=O)c3ccccc23)cc1OCC. The first kappa shape index (κ1) is 21.0. The fourth-order valence-electron chi connectivity index (χ4n) is 2.83. The summed E-state index contributed by atoms with van der Waals surface area (Å²) in [6, 6.07) is 12.2. The minimum Gasteiger partial charge on any atom is -0.490 e. The summed E-state index contributed by atoms with van der Waals surface area (Å²) < 4.78 is 11.4. The van der Waals surface area contributed by atoms with E-state index in [9.17, 15) is 9.59 Å². The number of ether oxygens (including phenoxy) is 2. The van der Waals surface area contributed by atoms with Crippen molar-refractivity contribution in [1.82, 2.24) is 15.6 Å². The Hall–Kier alpha value is -3.68. The van der Waals surface area contributed by atoms with Crippen LogP contribution in [0.1, 0.15) is 42.7 Å². The van der Waals surface area contributed by atoms with Gasteiger partial charge < -0.3 is 9.47 Å². The van der Waals surface area contributed by atoms with E-state index in [4.69, 9.17) is 9.47 Å². The Morgan fingerprint density at radius 3 is 2.70 bits per heavy atom. The molecule has 0 aliphatic carbocycles. The first-order valence-electron chi connectivity index (χ1n) is 9.84. The van der Waals surface area contributed by atoms with Crippen LogP contribution in [-0.4, -0.2) is 35.5 Å². The number of amides is 1. The molecule has 0 bridgehead atoms. The van der Waals surface area contributed by atoms with Gasteiger partial charge in [-0.1, -0.05) is 31.5 Å². The third-order valence-electron chi connectivity index (χ3n) is 4.31. The minimum atomic E-state index is -0.525. The first-order chi connectivity index (χ1) is 14.6. The zero-order valence-electron chi connectivity index (χ0n) is 17.0. The lowest BCUT2D eigenvalue weighted by atomic mass is 10.1. The van der Waals surface area contributed by atoms with Crippen molar-refractivity contribution in [3.63, 3.8) is 0 Å². The number of aromatic nitrogens is 2. The maximum Gasteiger partial charge on any atom is 0.292 e. The molecule has 1 aromatic heterocycles. The molecule has 2 N–H and O–H groups in total. The van der Waals surface area contributed by atoms with Crippen molar-refractivity contribution in [3.8, 4) is 11.5 Å². The van der Waals surface area contributed by atoms with Gasteiger partial charge in [0.05, 0.1) is 24.8 Å². The fourth-order valence-corrected chi connectivity index (χ4v) is 2.83. The second-order valence-corrected chi connectivity index (χ2v) is 6.49. The van der Waals surface area contributed by atoms with E-state index in [0.717, 1.165) is 18.4 Å². The van der Waals surface area contributed by atoms with Crippen molar-refractivity contribution in [2.45, 2.75) is 26.7 Å². The van der Waals surface area contributed by atoms with E-state index in [1.807, 2.05) is 19.1 Å². The lowest BCUT2D eigenvalue weighted by Crippen LogP contribution is -2.22. The van der Waals surface area contributed by atoms with Crippen LogP contribution in [0.5, 0.6) is 11.5 Å². The summed E-state index contributed by atoms with van der Waals surface area (Å²) in [5, 5.41) is 11.0. The zero-order chi connectivity index (χ0) is 21.3. The molecule has 0 fully saturated rings. The first-order valence-corrected chi connectivity index (χ1v) is 9.84. The third-order valence-corrected chi connectivity index (χ3v) is 4.31. The largest absolute Gasteiger partial charge is 0.490 e. The van der Waals surface area contributed by atoms with E-state index in [1.165, 1.54) is 6.21 Å². The summed E-state index contributed by atoms with van der Waals surface area (Å²) in [6.07, 6.45) is 3.52. The van der Waals surface area contributed by atoms with Gasteiger partial charge in [-0.05, 0) is 43.2 Å². The normalized spacial score (nSPS) is 11.0. The molecule has 8 nitrogen and oxygen atoms in total. The van der Waals surface area contributed by atoms with Gasteiger partial charge in [0.25, 0.3) is 11.5 Å². The molecular weight excluding hydrogens is 384 g/mol. The summed E-state index contributed by atoms with van der Waals surface area (Å²) in [5.41, 5.74) is 2.92. The molecule has 0 unspecified atom stereocenters. The number of carbonyl (C=O) groups excluding carboxylic acids is 1. The summed E-state index contributed by atoms with van der Waals surface area (Å²) in [4.78, 5) is 24.3. The number of hydrogen-bond acceptors (Lipinski definition) is 6. The molecule has 0 saturated carbocycles. The van der Waals surface area contributed by atoms with Crippen molar-refractivity contribution in [2.24, 2.45) is 5.10 Å². The molecule has 1 heterocycles. The second kappa shape index (κ2) is 10.2. The smallest absolute Gasteiger partial charge is 0.292 e. The number of H-pyrrole nitrogens is 1. The van der Waals surface area contributed by atoms with Crippen molar-refractivity contribution in [2.75, 3.05) is 13.2 Å². The minimum absolute atomic E-state index is 0.0945. The lowest BCUT2D eigenvalue weighted by Gasteiger charge is -2.12. The molecule has 30 heavy (non-hydrogen) atoms. The molecular formula is C22H24N4O4. The van der Waals surface area contributed by atoms with E-state index in [1.54, 1.807) is 30.3 Å². The average Bonchev–Trinajstić information content (AvgIpc) is 2.76. The van der Waals surface area contributed by atoms with Crippen LogP contribution < -0.4 is 20.5 Å². The lowest BCUT2D eigenvalue weighted by molar-refractivity contribution is 0.0951. The van der Waals surface area contributed by atoms with E-state index < -0.39 is 5.91 Å². The quantitative estimate of drug-likeness (QED) is 0.321. The van der Waals surface area contributed by atoms with Crippen molar-refractivity contribution >= 4 is 22.9 Å². The Kier molecular flexibility index (Phi) is 7.15. The predicted molar refractivity (Wildman–Crippen MR) is 115 cm³/mol. The summed E-state index contributed by atoms with van der Waals surface area (Å²) in [6.45, 7) is 5.14. The molecule has 0 saturated heterocycles. The Labute approximate surface area is 173 Å². The number of fused-ring (bicyclic) bond motifs is 1. The van der Waals surface area contributed by atoms with Crippen LogP contribution in [0.25, 0.3) is 10.8 Å². The molecule has 0 aliphatic rings. The molecule has 2 aromatic carbocycles. The highest BCUT2D eigenvalue weighted by molar-refractivity contribution is 6.04. The molecule has 0 aliphatic heterocycles. The highest BCUT2D eigenvalue weighted by atomic mass is 16.5. The van der Waals surface area contributed by atoms with Crippen LogP contribution >= 0.6 is 0 Å². The maximum absolute atomic E-state index is 12.5. The van der Waals surface area contributed by atoms with E-state index >= 15 is 0 Å². The highest BCUT2D eigenvalue weighted by Crippen LogP contribution is 2.28. The number of nitrogens with zero attached hydrogens (tertiary/aromatic N) is 2. The fraction of sp³-hybridized carbons (Fsp3) is 0.273. The number of aromatic amines is 1. The molecule has 3 aromatic rings. The number of hydrazone groups is 1. The van der Waals surface area contributed by atoms with Crippen LogP contribution in [0.3, 0.4) is 0 Å².